The summed E-state index contributed by atoms with van der Waals surface area (Å²) in [4.78, 5) is 11.0. The predicted molar refractivity (Wildman–Crippen MR) is 79.9 cm³/mol. The van der Waals surface area contributed by atoms with Crippen LogP contribution in [0.1, 0.15) is 49.9 Å². The second-order valence-electron chi connectivity index (χ2n) is 4.71. The van der Waals surface area contributed by atoms with Crippen molar-refractivity contribution in [2.45, 2.75) is 39.5 Å². The van der Waals surface area contributed by atoms with Gasteiger partial charge in [-0.25, -0.2) is 4.79 Å². The van der Waals surface area contributed by atoms with Crippen LogP contribution in [-0.4, -0.2) is 17.7 Å². The van der Waals surface area contributed by atoms with Crippen molar-refractivity contribution in [2.75, 3.05) is 6.61 Å². The summed E-state index contributed by atoms with van der Waals surface area (Å²) < 4.78 is 6.46. The van der Waals surface area contributed by atoms with Crippen molar-refractivity contribution >= 4 is 21.9 Å². The fraction of sp³-hybridized carbons (Fsp3) is 0.533. The van der Waals surface area contributed by atoms with Gasteiger partial charge in [0.2, 0.25) is 0 Å². The lowest BCUT2D eigenvalue weighted by atomic mass is 10.0. The smallest absolute Gasteiger partial charge is 0.335 e. The molecule has 19 heavy (non-hydrogen) atoms. The first kappa shape index (κ1) is 16.0. The highest BCUT2D eigenvalue weighted by atomic mass is 79.9. The van der Waals surface area contributed by atoms with Crippen LogP contribution in [0.5, 0.6) is 5.75 Å². The highest BCUT2D eigenvalue weighted by molar-refractivity contribution is 9.10. The third-order valence-electron chi connectivity index (χ3n) is 3.15. The average Bonchev–Trinajstić information content (AvgIpc) is 2.38. The van der Waals surface area contributed by atoms with Gasteiger partial charge in [0, 0.05) is 4.47 Å². The molecule has 0 fully saturated rings. The van der Waals surface area contributed by atoms with Crippen LogP contribution in [0.25, 0.3) is 0 Å². The summed E-state index contributed by atoms with van der Waals surface area (Å²) in [5.74, 6) is 0.207. The zero-order chi connectivity index (χ0) is 14.3. The van der Waals surface area contributed by atoms with Crippen LogP contribution in [0.2, 0.25) is 0 Å². The van der Waals surface area contributed by atoms with Gasteiger partial charge in [-0.2, -0.15) is 0 Å². The monoisotopic (exact) mass is 328 g/mol. The van der Waals surface area contributed by atoms with Gasteiger partial charge in [-0.3, -0.25) is 0 Å². The van der Waals surface area contributed by atoms with E-state index in [4.69, 9.17) is 9.84 Å². The quantitative estimate of drug-likeness (QED) is 0.749. The number of aromatic carboxylic acids is 1. The zero-order valence-corrected chi connectivity index (χ0v) is 13.1. The highest BCUT2D eigenvalue weighted by Crippen LogP contribution is 2.23. The summed E-state index contributed by atoms with van der Waals surface area (Å²) in [6.45, 7) is 4.99. The molecule has 1 N–H and O–H groups in total. The minimum absolute atomic E-state index is 0.242. The number of benzene rings is 1. The molecule has 3 nitrogen and oxygen atoms in total. The summed E-state index contributed by atoms with van der Waals surface area (Å²) in [6.07, 6.45) is 4.64. The Kier molecular flexibility index (Phi) is 6.92. The molecule has 0 heterocycles. The number of hydrogen-bond donors (Lipinski definition) is 1. The van der Waals surface area contributed by atoms with Gasteiger partial charge in [0.1, 0.15) is 5.75 Å². The van der Waals surface area contributed by atoms with Gasteiger partial charge >= 0.3 is 5.97 Å². The van der Waals surface area contributed by atoms with Gasteiger partial charge in [-0.1, -0.05) is 49.0 Å². The molecule has 0 aliphatic heterocycles. The Balaban J connectivity index is 2.63. The van der Waals surface area contributed by atoms with Gasteiger partial charge in [0.05, 0.1) is 12.2 Å². The second kappa shape index (κ2) is 8.20. The van der Waals surface area contributed by atoms with E-state index in [2.05, 4.69) is 29.8 Å². The molecule has 0 saturated carbocycles. The second-order valence-corrected chi connectivity index (χ2v) is 5.62. The maximum atomic E-state index is 11.0. The lowest BCUT2D eigenvalue weighted by molar-refractivity contribution is 0.0696. The van der Waals surface area contributed by atoms with Gasteiger partial charge in [0.25, 0.3) is 0 Å². The van der Waals surface area contributed by atoms with Crippen LogP contribution in [0.3, 0.4) is 0 Å². The first-order valence-corrected chi connectivity index (χ1v) is 7.52. The molecule has 0 aliphatic carbocycles. The van der Waals surface area contributed by atoms with Gasteiger partial charge in [0.15, 0.2) is 0 Å². The van der Waals surface area contributed by atoms with Crippen molar-refractivity contribution in [3.63, 3.8) is 0 Å². The first-order valence-electron chi connectivity index (χ1n) is 6.73. The van der Waals surface area contributed by atoms with Crippen LogP contribution in [0.15, 0.2) is 22.7 Å². The van der Waals surface area contributed by atoms with Crippen molar-refractivity contribution in [2.24, 2.45) is 5.92 Å². The van der Waals surface area contributed by atoms with Crippen LogP contribution in [-0.2, 0) is 0 Å². The molecule has 0 amide bonds. The summed E-state index contributed by atoms with van der Waals surface area (Å²) >= 11 is 3.30. The molecule has 4 heteroatoms. The molecule has 1 rings (SSSR count). The molecule has 0 radical (unpaired) electrons. The van der Waals surface area contributed by atoms with Crippen LogP contribution in [0.4, 0.5) is 0 Å². The fourth-order valence-corrected chi connectivity index (χ4v) is 2.35. The van der Waals surface area contributed by atoms with E-state index >= 15 is 0 Å². The van der Waals surface area contributed by atoms with Crippen molar-refractivity contribution in [3.8, 4) is 5.75 Å². The minimum atomic E-state index is -0.941. The number of hydrogen-bond acceptors (Lipinski definition) is 2. The summed E-state index contributed by atoms with van der Waals surface area (Å²) in [5.41, 5.74) is 0.242. The first-order chi connectivity index (χ1) is 9.06. The van der Waals surface area contributed by atoms with Gasteiger partial charge in [-0.15, -0.1) is 0 Å². The average molecular weight is 329 g/mol. The molecule has 1 aromatic rings. The summed E-state index contributed by atoms with van der Waals surface area (Å²) in [6, 6.07) is 4.95. The molecule has 106 valence electrons. The van der Waals surface area contributed by atoms with E-state index in [9.17, 15) is 4.79 Å². The zero-order valence-electron chi connectivity index (χ0n) is 11.5. The molecule has 1 atom stereocenters. The molecule has 1 aromatic carbocycles. The Hall–Kier alpha value is -1.03. The minimum Gasteiger partial charge on any atom is -0.493 e. The Labute approximate surface area is 123 Å². The molecule has 0 bridgehead atoms. The molecular weight excluding hydrogens is 308 g/mol. The number of carboxylic acids is 1. The van der Waals surface area contributed by atoms with E-state index in [1.165, 1.54) is 12.8 Å². The van der Waals surface area contributed by atoms with E-state index in [-0.39, 0.29) is 5.56 Å². The lowest BCUT2D eigenvalue weighted by Crippen LogP contribution is -2.11. The molecule has 1 unspecified atom stereocenters. The Morgan fingerprint density at radius 2 is 2.11 bits per heavy atom. The van der Waals surface area contributed by atoms with Crippen molar-refractivity contribution in [1.82, 2.24) is 0 Å². The molecule has 0 aromatic heterocycles. The number of unbranched alkanes of at least 4 members (excludes halogenated alkanes) is 1. The lowest BCUT2D eigenvalue weighted by Gasteiger charge is -2.16. The molecule has 0 saturated heterocycles. The molecular formula is C15H21BrO3. The number of ether oxygens (including phenoxy) is 1. The fourth-order valence-electron chi connectivity index (χ4n) is 1.88. The number of rotatable bonds is 8. The van der Waals surface area contributed by atoms with Crippen molar-refractivity contribution < 1.29 is 14.6 Å². The predicted octanol–water partition coefficient (Wildman–Crippen LogP) is 4.74. The van der Waals surface area contributed by atoms with E-state index in [1.54, 1.807) is 18.2 Å². The maximum absolute atomic E-state index is 11.0. The van der Waals surface area contributed by atoms with Crippen molar-refractivity contribution in [3.05, 3.63) is 28.2 Å². The van der Waals surface area contributed by atoms with E-state index in [1.807, 2.05) is 0 Å². The van der Waals surface area contributed by atoms with Crippen LogP contribution >= 0.6 is 15.9 Å². The Morgan fingerprint density at radius 1 is 1.37 bits per heavy atom. The standard InChI is InChI=1S/C15H21BrO3/c1-3-5-6-11(4-2)10-19-14-8-12(15(17)18)7-13(16)9-14/h7-9,11H,3-6,10H2,1-2H3,(H,17,18). The van der Waals surface area contributed by atoms with Crippen LogP contribution in [0, 0.1) is 5.92 Å². The maximum Gasteiger partial charge on any atom is 0.335 e. The van der Waals surface area contributed by atoms with E-state index in [0.717, 1.165) is 17.3 Å². The third-order valence-corrected chi connectivity index (χ3v) is 3.61. The summed E-state index contributed by atoms with van der Waals surface area (Å²) in [5, 5.41) is 9.00. The van der Waals surface area contributed by atoms with Gasteiger partial charge in [-0.05, 0) is 30.5 Å². The highest BCUT2D eigenvalue weighted by Gasteiger charge is 2.10. The Morgan fingerprint density at radius 3 is 2.68 bits per heavy atom. The molecule has 0 spiro atoms. The van der Waals surface area contributed by atoms with E-state index < -0.39 is 5.97 Å². The molecule has 0 aliphatic rings. The summed E-state index contributed by atoms with van der Waals surface area (Å²) in [7, 11) is 0. The number of carboxylic acid groups (broad SMARTS) is 1. The number of carbonyl (C=O) groups is 1. The normalized spacial score (nSPS) is 12.2. The van der Waals surface area contributed by atoms with E-state index in [0.29, 0.717) is 18.3 Å². The van der Waals surface area contributed by atoms with Gasteiger partial charge < -0.3 is 9.84 Å². The van der Waals surface area contributed by atoms with Crippen LogP contribution < -0.4 is 4.74 Å². The number of halogens is 1. The largest absolute Gasteiger partial charge is 0.493 e. The third kappa shape index (κ3) is 5.64. The SMILES string of the molecule is CCCCC(CC)COc1cc(Br)cc(C(=O)O)c1. The topological polar surface area (TPSA) is 46.5 Å². The Bertz CT molecular complexity index is 418. The van der Waals surface area contributed by atoms with Crippen molar-refractivity contribution in [1.29, 1.82) is 0 Å².